The molecule has 1 aromatic carbocycles. The number of anilines is 1. The van der Waals surface area contributed by atoms with Gasteiger partial charge in [0.2, 0.25) is 0 Å². The molecular formula is C17H23N3O2. The first-order valence-corrected chi connectivity index (χ1v) is 7.74. The molecule has 3 rings (SSSR count). The maximum Gasteiger partial charge on any atom is 0.134 e. The molecule has 5 heteroatoms. The van der Waals surface area contributed by atoms with Crippen molar-refractivity contribution in [1.29, 1.82) is 0 Å². The lowest BCUT2D eigenvalue weighted by atomic mass is 10.2. The maximum atomic E-state index is 5.71. The lowest BCUT2D eigenvalue weighted by Crippen LogP contribution is -2.47. The van der Waals surface area contributed by atoms with Crippen LogP contribution in [0.3, 0.4) is 0 Å². The zero-order valence-electron chi connectivity index (χ0n) is 13.3. The molecule has 0 saturated carbocycles. The van der Waals surface area contributed by atoms with Gasteiger partial charge in [-0.2, -0.15) is 0 Å². The zero-order chi connectivity index (χ0) is 15.4. The van der Waals surface area contributed by atoms with Gasteiger partial charge in [-0.15, -0.1) is 0 Å². The quantitative estimate of drug-likeness (QED) is 0.849. The first-order valence-electron chi connectivity index (χ1n) is 7.74. The van der Waals surface area contributed by atoms with Crippen LogP contribution < -0.4 is 4.90 Å². The summed E-state index contributed by atoms with van der Waals surface area (Å²) in [6, 6.07) is 10.7. The molecule has 0 radical (unpaired) electrons. The number of hydrogen-bond donors (Lipinski definition) is 0. The highest BCUT2D eigenvalue weighted by atomic mass is 16.5. The van der Waals surface area contributed by atoms with Crippen molar-refractivity contribution in [3.63, 3.8) is 0 Å². The van der Waals surface area contributed by atoms with Gasteiger partial charge in [-0.3, -0.25) is 4.90 Å². The van der Waals surface area contributed by atoms with Crippen LogP contribution in [0.25, 0.3) is 0 Å². The first kappa shape index (κ1) is 15.1. The van der Waals surface area contributed by atoms with Gasteiger partial charge in [0, 0.05) is 37.9 Å². The van der Waals surface area contributed by atoms with E-state index in [1.54, 1.807) is 0 Å². The summed E-state index contributed by atoms with van der Waals surface area (Å²) in [5.74, 6) is 0.824. The Morgan fingerprint density at radius 1 is 1.09 bits per heavy atom. The number of rotatable bonds is 5. The fourth-order valence-electron chi connectivity index (χ4n) is 2.66. The molecule has 0 unspecified atom stereocenters. The SMILES string of the molecule is Cc1ccc(N2CCN(COCc3cc(C)on3)CC2)cc1. The van der Waals surface area contributed by atoms with E-state index >= 15 is 0 Å². The molecule has 1 aliphatic heterocycles. The highest BCUT2D eigenvalue weighted by Crippen LogP contribution is 2.17. The van der Waals surface area contributed by atoms with Gasteiger partial charge in [-0.05, 0) is 26.0 Å². The van der Waals surface area contributed by atoms with E-state index in [2.05, 4.69) is 46.1 Å². The summed E-state index contributed by atoms with van der Waals surface area (Å²) in [6.45, 7) is 9.28. The van der Waals surface area contributed by atoms with Gasteiger partial charge in [0.1, 0.15) is 11.5 Å². The highest BCUT2D eigenvalue weighted by molar-refractivity contribution is 5.47. The second-order valence-corrected chi connectivity index (χ2v) is 5.85. The number of aryl methyl sites for hydroxylation is 2. The number of piperazine rings is 1. The van der Waals surface area contributed by atoms with E-state index in [1.165, 1.54) is 11.3 Å². The van der Waals surface area contributed by atoms with Gasteiger partial charge >= 0.3 is 0 Å². The molecule has 5 nitrogen and oxygen atoms in total. The Balaban J connectivity index is 1.41. The van der Waals surface area contributed by atoms with Gasteiger partial charge in [-0.25, -0.2) is 0 Å². The second kappa shape index (κ2) is 6.94. The molecule has 1 saturated heterocycles. The third-order valence-corrected chi connectivity index (χ3v) is 3.97. The van der Waals surface area contributed by atoms with Crippen LogP contribution in [0.5, 0.6) is 0 Å². The molecule has 2 heterocycles. The Morgan fingerprint density at radius 2 is 1.82 bits per heavy atom. The Hall–Kier alpha value is -1.85. The predicted molar refractivity (Wildman–Crippen MR) is 85.9 cm³/mol. The van der Waals surface area contributed by atoms with E-state index in [0.717, 1.165) is 37.6 Å². The van der Waals surface area contributed by atoms with Crippen LogP contribution in [0.15, 0.2) is 34.9 Å². The van der Waals surface area contributed by atoms with E-state index in [9.17, 15) is 0 Å². The van der Waals surface area contributed by atoms with E-state index in [4.69, 9.17) is 9.26 Å². The monoisotopic (exact) mass is 301 g/mol. The van der Waals surface area contributed by atoms with Crippen LogP contribution in [0.2, 0.25) is 0 Å². The molecule has 0 spiro atoms. The molecule has 0 atom stereocenters. The smallest absolute Gasteiger partial charge is 0.134 e. The average Bonchev–Trinajstić information content (AvgIpc) is 2.94. The van der Waals surface area contributed by atoms with Gasteiger partial charge in [0.05, 0.1) is 13.3 Å². The Morgan fingerprint density at radius 3 is 2.45 bits per heavy atom. The number of nitrogens with zero attached hydrogens (tertiary/aromatic N) is 3. The molecule has 1 fully saturated rings. The van der Waals surface area contributed by atoms with Crippen LogP contribution in [-0.4, -0.2) is 43.0 Å². The largest absolute Gasteiger partial charge is 0.369 e. The molecule has 0 amide bonds. The van der Waals surface area contributed by atoms with Gasteiger partial charge < -0.3 is 14.2 Å². The summed E-state index contributed by atoms with van der Waals surface area (Å²) in [6.07, 6.45) is 0. The predicted octanol–water partition coefficient (Wildman–Crippen LogP) is 2.59. The standard InChI is InChI=1S/C17H23N3O2/c1-14-3-5-17(6-4-14)20-9-7-19(8-10-20)13-21-12-16-11-15(2)22-18-16/h3-6,11H,7-10,12-13H2,1-2H3. The lowest BCUT2D eigenvalue weighted by Gasteiger charge is -2.35. The van der Waals surface area contributed by atoms with Crippen molar-refractivity contribution in [3.8, 4) is 0 Å². The Labute approximate surface area is 131 Å². The van der Waals surface area contributed by atoms with E-state index < -0.39 is 0 Å². The average molecular weight is 301 g/mol. The first-order chi connectivity index (χ1) is 10.7. The normalized spacial score (nSPS) is 16.2. The number of ether oxygens (including phenoxy) is 1. The Bertz CT molecular complexity index is 586. The third kappa shape index (κ3) is 3.87. The van der Waals surface area contributed by atoms with E-state index in [1.807, 2.05) is 13.0 Å². The molecule has 1 aromatic heterocycles. The van der Waals surface area contributed by atoms with Crippen LogP contribution in [0.4, 0.5) is 5.69 Å². The van der Waals surface area contributed by atoms with Gasteiger partial charge in [0.15, 0.2) is 0 Å². The van der Waals surface area contributed by atoms with Crippen molar-refractivity contribution in [2.24, 2.45) is 0 Å². The van der Waals surface area contributed by atoms with Crippen molar-refractivity contribution < 1.29 is 9.26 Å². The zero-order valence-corrected chi connectivity index (χ0v) is 13.3. The molecular weight excluding hydrogens is 278 g/mol. The lowest BCUT2D eigenvalue weighted by molar-refractivity contribution is 0.0139. The van der Waals surface area contributed by atoms with Crippen molar-refractivity contribution in [2.75, 3.05) is 37.8 Å². The highest BCUT2D eigenvalue weighted by Gasteiger charge is 2.17. The minimum atomic E-state index is 0.509. The fraction of sp³-hybridized carbons (Fsp3) is 0.471. The van der Waals surface area contributed by atoms with Crippen LogP contribution >= 0.6 is 0 Å². The second-order valence-electron chi connectivity index (χ2n) is 5.85. The number of aromatic nitrogens is 1. The number of hydrogen-bond acceptors (Lipinski definition) is 5. The van der Waals surface area contributed by atoms with Gasteiger partial charge in [0.25, 0.3) is 0 Å². The number of benzene rings is 1. The summed E-state index contributed by atoms with van der Waals surface area (Å²) in [4.78, 5) is 4.76. The minimum Gasteiger partial charge on any atom is -0.369 e. The van der Waals surface area contributed by atoms with Crippen LogP contribution in [0, 0.1) is 13.8 Å². The Kier molecular flexibility index (Phi) is 4.75. The topological polar surface area (TPSA) is 41.7 Å². The van der Waals surface area contributed by atoms with Crippen molar-refractivity contribution >= 4 is 5.69 Å². The summed E-state index contributed by atoms with van der Waals surface area (Å²) >= 11 is 0. The minimum absolute atomic E-state index is 0.509. The van der Waals surface area contributed by atoms with Crippen molar-refractivity contribution in [3.05, 3.63) is 47.3 Å². The van der Waals surface area contributed by atoms with Crippen LogP contribution in [-0.2, 0) is 11.3 Å². The fourth-order valence-corrected chi connectivity index (χ4v) is 2.66. The van der Waals surface area contributed by atoms with Gasteiger partial charge in [-0.1, -0.05) is 22.9 Å². The molecule has 1 aliphatic rings. The molecule has 22 heavy (non-hydrogen) atoms. The third-order valence-electron chi connectivity index (χ3n) is 3.97. The summed E-state index contributed by atoms with van der Waals surface area (Å²) in [5.41, 5.74) is 3.47. The van der Waals surface area contributed by atoms with Crippen molar-refractivity contribution in [2.45, 2.75) is 20.5 Å². The summed E-state index contributed by atoms with van der Waals surface area (Å²) in [7, 11) is 0. The summed E-state index contributed by atoms with van der Waals surface area (Å²) < 4.78 is 10.7. The van der Waals surface area contributed by atoms with E-state index in [0.29, 0.717) is 13.3 Å². The molecule has 0 bridgehead atoms. The molecule has 0 N–H and O–H groups in total. The summed E-state index contributed by atoms with van der Waals surface area (Å²) in [5, 5.41) is 3.93. The van der Waals surface area contributed by atoms with Crippen molar-refractivity contribution in [1.82, 2.24) is 10.1 Å². The molecule has 2 aromatic rings. The van der Waals surface area contributed by atoms with Crippen LogP contribution in [0.1, 0.15) is 17.0 Å². The molecule has 118 valence electrons. The maximum absolute atomic E-state index is 5.71. The van der Waals surface area contributed by atoms with E-state index in [-0.39, 0.29) is 0 Å². The molecule has 0 aliphatic carbocycles.